The Hall–Kier alpha value is -1.95. The molecule has 140 valence electrons. The third kappa shape index (κ3) is 8.63. The maximum absolute atomic E-state index is 13.0. The molecule has 3 N–H and O–H groups in total. The molecule has 0 spiro atoms. The SMILES string of the molecule is CC(C)(Cc1ccc(F)cc1)NC(=O)CC[C@H](N)C(=O)OC(C)(C)C. The minimum Gasteiger partial charge on any atom is -0.459 e. The van der Waals surface area contributed by atoms with Gasteiger partial charge in [-0.3, -0.25) is 9.59 Å². The third-order valence-electron chi connectivity index (χ3n) is 3.43. The van der Waals surface area contributed by atoms with Crippen molar-refractivity contribution in [2.24, 2.45) is 5.73 Å². The number of hydrogen-bond donors (Lipinski definition) is 2. The average molecular weight is 352 g/mol. The van der Waals surface area contributed by atoms with E-state index >= 15 is 0 Å². The zero-order chi connectivity index (χ0) is 19.3. The van der Waals surface area contributed by atoms with Crippen molar-refractivity contribution in [3.8, 4) is 0 Å². The van der Waals surface area contributed by atoms with Gasteiger partial charge in [-0.25, -0.2) is 4.39 Å². The summed E-state index contributed by atoms with van der Waals surface area (Å²) in [4.78, 5) is 24.0. The Morgan fingerprint density at radius 1 is 1.16 bits per heavy atom. The van der Waals surface area contributed by atoms with Gasteiger partial charge in [0.05, 0.1) is 0 Å². The first-order valence-electron chi connectivity index (χ1n) is 8.42. The van der Waals surface area contributed by atoms with Crippen molar-refractivity contribution in [3.05, 3.63) is 35.6 Å². The van der Waals surface area contributed by atoms with Crippen LogP contribution in [0.5, 0.6) is 0 Å². The second-order valence-electron chi connectivity index (χ2n) is 7.91. The first-order valence-corrected chi connectivity index (χ1v) is 8.42. The van der Waals surface area contributed by atoms with Gasteiger partial charge in [0.25, 0.3) is 0 Å². The molecule has 0 bridgehead atoms. The zero-order valence-corrected chi connectivity index (χ0v) is 15.7. The summed E-state index contributed by atoms with van der Waals surface area (Å²) in [6, 6.07) is 5.36. The van der Waals surface area contributed by atoms with Gasteiger partial charge in [0, 0.05) is 12.0 Å². The number of carbonyl (C=O) groups excluding carboxylic acids is 2. The summed E-state index contributed by atoms with van der Waals surface area (Å²) in [5.74, 6) is -0.987. The van der Waals surface area contributed by atoms with Crippen LogP contribution in [0.15, 0.2) is 24.3 Å². The number of esters is 1. The molecule has 0 saturated carbocycles. The van der Waals surface area contributed by atoms with E-state index in [1.807, 2.05) is 13.8 Å². The van der Waals surface area contributed by atoms with Gasteiger partial charge in [-0.2, -0.15) is 0 Å². The Morgan fingerprint density at radius 3 is 2.24 bits per heavy atom. The molecule has 0 saturated heterocycles. The van der Waals surface area contributed by atoms with Crippen LogP contribution in [0.25, 0.3) is 0 Å². The molecule has 0 fully saturated rings. The van der Waals surface area contributed by atoms with E-state index in [4.69, 9.17) is 10.5 Å². The molecular weight excluding hydrogens is 323 g/mol. The predicted octanol–water partition coefficient (Wildman–Crippen LogP) is 2.71. The summed E-state index contributed by atoms with van der Waals surface area (Å²) in [6.45, 7) is 9.08. The maximum atomic E-state index is 13.0. The van der Waals surface area contributed by atoms with Gasteiger partial charge in [-0.15, -0.1) is 0 Å². The summed E-state index contributed by atoms with van der Waals surface area (Å²) < 4.78 is 18.1. The van der Waals surface area contributed by atoms with Crippen molar-refractivity contribution < 1.29 is 18.7 Å². The first-order chi connectivity index (χ1) is 11.4. The standard InChI is InChI=1S/C19H29FN2O3/c1-18(2,3)25-17(24)15(21)10-11-16(23)22-19(4,5)12-13-6-8-14(20)9-7-13/h6-9,15H,10-12,21H2,1-5H3,(H,22,23)/t15-/m0/s1. The monoisotopic (exact) mass is 352 g/mol. The lowest BCUT2D eigenvalue weighted by atomic mass is 9.94. The Labute approximate surface area is 149 Å². The summed E-state index contributed by atoms with van der Waals surface area (Å²) in [5, 5.41) is 2.92. The van der Waals surface area contributed by atoms with Gasteiger partial charge >= 0.3 is 5.97 Å². The summed E-state index contributed by atoms with van der Waals surface area (Å²) >= 11 is 0. The van der Waals surface area contributed by atoms with Crippen LogP contribution < -0.4 is 11.1 Å². The van der Waals surface area contributed by atoms with E-state index < -0.39 is 23.2 Å². The molecule has 1 rings (SSSR count). The smallest absolute Gasteiger partial charge is 0.323 e. The summed E-state index contributed by atoms with van der Waals surface area (Å²) in [7, 11) is 0. The third-order valence-corrected chi connectivity index (χ3v) is 3.43. The highest BCUT2D eigenvalue weighted by Crippen LogP contribution is 2.14. The number of hydrogen-bond acceptors (Lipinski definition) is 4. The van der Waals surface area contributed by atoms with E-state index in [0.717, 1.165) is 5.56 Å². The van der Waals surface area contributed by atoms with E-state index in [0.29, 0.717) is 6.42 Å². The number of benzene rings is 1. The summed E-state index contributed by atoms with van der Waals surface area (Å²) in [6.07, 6.45) is 0.914. The summed E-state index contributed by atoms with van der Waals surface area (Å²) in [5.41, 5.74) is 5.61. The highest BCUT2D eigenvalue weighted by atomic mass is 19.1. The minimum absolute atomic E-state index is 0.132. The lowest BCUT2D eigenvalue weighted by molar-refractivity contribution is -0.156. The van der Waals surface area contributed by atoms with E-state index in [1.54, 1.807) is 32.9 Å². The Kier molecular flexibility index (Phi) is 7.11. The van der Waals surface area contributed by atoms with E-state index in [9.17, 15) is 14.0 Å². The van der Waals surface area contributed by atoms with Crippen molar-refractivity contribution in [1.82, 2.24) is 5.32 Å². The number of nitrogens with one attached hydrogen (secondary N) is 1. The number of ether oxygens (including phenoxy) is 1. The van der Waals surface area contributed by atoms with Gasteiger partial charge in [-0.1, -0.05) is 12.1 Å². The molecule has 1 atom stereocenters. The molecule has 6 heteroatoms. The van der Waals surface area contributed by atoms with Crippen LogP contribution in [0, 0.1) is 5.82 Å². The normalized spacial score (nSPS) is 13.2. The molecule has 0 aliphatic carbocycles. The molecule has 0 aliphatic rings. The van der Waals surface area contributed by atoms with Gasteiger partial charge in [0.15, 0.2) is 0 Å². The number of nitrogens with two attached hydrogens (primary N) is 1. The van der Waals surface area contributed by atoms with Crippen LogP contribution in [0.3, 0.4) is 0 Å². The van der Waals surface area contributed by atoms with E-state index in [-0.39, 0.29) is 24.6 Å². The molecule has 1 aromatic rings. The molecule has 0 radical (unpaired) electrons. The highest BCUT2D eigenvalue weighted by molar-refractivity contribution is 5.79. The van der Waals surface area contributed by atoms with Crippen LogP contribution >= 0.6 is 0 Å². The molecule has 25 heavy (non-hydrogen) atoms. The van der Waals surface area contributed by atoms with Crippen molar-refractivity contribution >= 4 is 11.9 Å². The van der Waals surface area contributed by atoms with Gasteiger partial charge < -0.3 is 15.8 Å². The fourth-order valence-corrected chi connectivity index (χ4v) is 2.38. The van der Waals surface area contributed by atoms with E-state index in [2.05, 4.69) is 5.32 Å². The Bertz CT molecular complexity index is 592. The van der Waals surface area contributed by atoms with Crippen molar-refractivity contribution in [2.45, 2.75) is 71.1 Å². The lowest BCUT2D eigenvalue weighted by Gasteiger charge is -2.27. The maximum Gasteiger partial charge on any atom is 0.323 e. The van der Waals surface area contributed by atoms with Crippen LogP contribution in [-0.2, 0) is 20.7 Å². The fraction of sp³-hybridized carbons (Fsp3) is 0.579. The zero-order valence-electron chi connectivity index (χ0n) is 15.7. The Balaban J connectivity index is 2.46. The van der Waals surface area contributed by atoms with Crippen LogP contribution in [0.1, 0.15) is 53.0 Å². The average Bonchev–Trinajstić information content (AvgIpc) is 2.44. The van der Waals surface area contributed by atoms with Crippen molar-refractivity contribution in [3.63, 3.8) is 0 Å². The van der Waals surface area contributed by atoms with Gasteiger partial charge in [0.2, 0.25) is 5.91 Å². The molecule has 1 aromatic carbocycles. The van der Waals surface area contributed by atoms with Crippen molar-refractivity contribution in [2.75, 3.05) is 0 Å². The second kappa shape index (κ2) is 8.43. The minimum atomic E-state index is -0.829. The molecule has 0 heterocycles. The lowest BCUT2D eigenvalue weighted by Crippen LogP contribution is -2.46. The topological polar surface area (TPSA) is 81.4 Å². The number of carbonyl (C=O) groups is 2. The van der Waals surface area contributed by atoms with E-state index in [1.165, 1.54) is 12.1 Å². The molecule has 1 amide bonds. The predicted molar refractivity (Wildman–Crippen MR) is 95.4 cm³/mol. The van der Waals surface area contributed by atoms with Crippen LogP contribution in [0.2, 0.25) is 0 Å². The number of halogens is 1. The second-order valence-corrected chi connectivity index (χ2v) is 7.91. The molecular formula is C19H29FN2O3. The number of amides is 1. The number of rotatable bonds is 7. The largest absolute Gasteiger partial charge is 0.459 e. The quantitative estimate of drug-likeness (QED) is 0.739. The highest BCUT2D eigenvalue weighted by Gasteiger charge is 2.25. The van der Waals surface area contributed by atoms with Crippen LogP contribution in [0.4, 0.5) is 4.39 Å². The Morgan fingerprint density at radius 2 is 1.72 bits per heavy atom. The van der Waals surface area contributed by atoms with Gasteiger partial charge in [-0.05, 0) is 65.2 Å². The first kappa shape index (κ1) is 21.1. The molecule has 0 unspecified atom stereocenters. The fourth-order valence-electron chi connectivity index (χ4n) is 2.38. The molecule has 5 nitrogen and oxygen atoms in total. The van der Waals surface area contributed by atoms with Crippen molar-refractivity contribution in [1.29, 1.82) is 0 Å². The van der Waals surface area contributed by atoms with Crippen LogP contribution in [-0.4, -0.2) is 29.1 Å². The molecule has 0 aromatic heterocycles. The van der Waals surface area contributed by atoms with Gasteiger partial charge in [0.1, 0.15) is 17.5 Å². The molecule has 0 aliphatic heterocycles.